The van der Waals surface area contributed by atoms with Crippen molar-refractivity contribution in [2.45, 2.75) is 13.1 Å². The average Bonchev–Trinajstić information content (AvgIpc) is 2.53. The van der Waals surface area contributed by atoms with Crippen molar-refractivity contribution in [1.82, 2.24) is 0 Å². The summed E-state index contributed by atoms with van der Waals surface area (Å²) < 4.78 is 48.3. The third-order valence-corrected chi connectivity index (χ3v) is 3.56. The van der Waals surface area contributed by atoms with Crippen molar-refractivity contribution < 1.29 is 27.1 Å². The molecule has 0 radical (unpaired) electrons. The maximum atomic E-state index is 12.7. The first-order valence-electron chi connectivity index (χ1n) is 7.18. The van der Waals surface area contributed by atoms with Gasteiger partial charge >= 0.3 is 17.8 Å². The van der Waals surface area contributed by atoms with E-state index in [4.69, 9.17) is 9.15 Å². The fourth-order valence-electron chi connectivity index (χ4n) is 2.36. The minimum Gasteiger partial charge on any atom is -0.423 e. The number of aryl methyl sites for hydroxylation is 1. The van der Waals surface area contributed by atoms with Crippen LogP contribution in [0.5, 0.6) is 5.75 Å². The Morgan fingerprint density at radius 2 is 1.84 bits per heavy atom. The molecule has 3 aromatic rings. The zero-order valence-corrected chi connectivity index (χ0v) is 12.9. The van der Waals surface area contributed by atoms with E-state index in [-0.39, 0.29) is 16.9 Å². The first kappa shape index (κ1) is 16.8. The van der Waals surface area contributed by atoms with Gasteiger partial charge in [-0.1, -0.05) is 6.07 Å². The lowest BCUT2D eigenvalue weighted by molar-refractivity contribution is -0.137. The van der Waals surface area contributed by atoms with E-state index in [1.807, 2.05) is 0 Å². The van der Waals surface area contributed by atoms with Gasteiger partial charge in [-0.3, -0.25) is 0 Å². The average molecular weight is 348 g/mol. The number of hydrogen-bond donors (Lipinski definition) is 0. The van der Waals surface area contributed by atoms with E-state index in [1.54, 1.807) is 13.0 Å². The van der Waals surface area contributed by atoms with Crippen LogP contribution in [0.4, 0.5) is 13.2 Å². The van der Waals surface area contributed by atoms with Gasteiger partial charge < -0.3 is 9.15 Å². The Kier molecular flexibility index (Phi) is 4.08. The number of hydrogen-bond acceptors (Lipinski definition) is 4. The van der Waals surface area contributed by atoms with Gasteiger partial charge in [0.15, 0.2) is 0 Å². The molecule has 0 unspecified atom stereocenters. The summed E-state index contributed by atoms with van der Waals surface area (Å²) in [6, 6.07) is 9.68. The molecule has 1 heterocycles. The highest BCUT2D eigenvalue weighted by Crippen LogP contribution is 2.30. The second-order valence-electron chi connectivity index (χ2n) is 5.37. The van der Waals surface area contributed by atoms with Gasteiger partial charge in [0.05, 0.1) is 11.1 Å². The normalized spacial score (nSPS) is 11.5. The van der Waals surface area contributed by atoms with Crippen LogP contribution in [0.15, 0.2) is 57.7 Å². The minimum atomic E-state index is -4.56. The molecule has 25 heavy (non-hydrogen) atoms. The van der Waals surface area contributed by atoms with Crippen LogP contribution in [0, 0.1) is 6.92 Å². The van der Waals surface area contributed by atoms with Gasteiger partial charge in [-0.2, -0.15) is 13.2 Å². The van der Waals surface area contributed by atoms with E-state index < -0.39 is 23.3 Å². The number of ether oxygens (including phenoxy) is 1. The van der Waals surface area contributed by atoms with Gasteiger partial charge in [-0.15, -0.1) is 0 Å². The second kappa shape index (κ2) is 6.08. The van der Waals surface area contributed by atoms with E-state index in [2.05, 4.69) is 0 Å². The SMILES string of the molecule is Cc1cc(=O)oc2cc(OC(=O)c3cccc(C(F)(F)F)c3)ccc12. The Bertz CT molecular complexity index is 1020. The molecule has 0 aliphatic rings. The van der Waals surface area contributed by atoms with Crippen molar-refractivity contribution in [3.63, 3.8) is 0 Å². The first-order valence-corrected chi connectivity index (χ1v) is 7.18. The van der Waals surface area contributed by atoms with Gasteiger partial charge in [0, 0.05) is 17.5 Å². The molecule has 128 valence electrons. The molecule has 0 N–H and O–H groups in total. The molecule has 4 nitrogen and oxygen atoms in total. The van der Waals surface area contributed by atoms with Crippen molar-refractivity contribution in [3.8, 4) is 5.75 Å². The van der Waals surface area contributed by atoms with Gasteiger partial charge in [0.1, 0.15) is 11.3 Å². The molecule has 3 rings (SSSR count). The van der Waals surface area contributed by atoms with Crippen molar-refractivity contribution in [2.24, 2.45) is 0 Å². The third kappa shape index (κ3) is 3.55. The van der Waals surface area contributed by atoms with Crippen LogP contribution in [0.2, 0.25) is 0 Å². The van der Waals surface area contributed by atoms with Crippen LogP contribution in [0.25, 0.3) is 11.0 Å². The van der Waals surface area contributed by atoms with Gasteiger partial charge in [0.25, 0.3) is 0 Å². The highest BCUT2D eigenvalue weighted by Gasteiger charge is 2.31. The van der Waals surface area contributed by atoms with E-state index in [9.17, 15) is 22.8 Å². The molecular weight excluding hydrogens is 337 g/mol. The Morgan fingerprint density at radius 3 is 2.56 bits per heavy atom. The highest BCUT2D eigenvalue weighted by molar-refractivity contribution is 5.92. The number of benzene rings is 2. The summed E-state index contributed by atoms with van der Waals surface area (Å²) in [5, 5.41) is 0.665. The van der Waals surface area contributed by atoms with Crippen LogP contribution in [-0.2, 0) is 6.18 Å². The lowest BCUT2D eigenvalue weighted by Gasteiger charge is -2.09. The first-order chi connectivity index (χ1) is 11.7. The summed E-state index contributed by atoms with van der Waals surface area (Å²) in [7, 11) is 0. The number of carbonyl (C=O) groups is 1. The molecule has 0 atom stereocenters. The Balaban J connectivity index is 1.91. The van der Waals surface area contributed by atoms with Crippen LogP contribution in [-0.4, -0.2) is 5.97 Å². The van der Waals surface area contributed by atoms with E-state index in [0.29, 0.717) is 17.0 Å². The molecule has 0 amide bonds. The standard InChI is InChI=1S/C18H11F3O4/c1-10-7-16(22)25-15-9-13(5-6-14(10)15)24-17(23)11-3-2-4-12(8-11)18(19,20)21/h2-9H,1H3. The Morgan fingerprint density at radius 1 is 1.08 bits per heavy atom. The molecule has 0 bridgehead atoms. The zero-order valence-electron chi connectivity index (χ0n) is 12.9. The van der Waals surface area contributed by atoms with Crippen molar-refractivity contribution in [2.75, 3.05) is 0 Å². The molecular formula is C18H11F3O4. The van der Waals surface area contributed by atoms with Gasteiger partial charge in [-0.25, -0.2) is 9.59 Å². The minimum absolute atomic E-state index is 0.0589. The summed E-state index contributed by atoms with van der Waals surface area (Å²) in [6.07, 6.45) is -4.56. The zero-order chi connectivity index (χ0) is 18.2. The smallest absolute Gasteiger partial charge is 0.416 e. The maximum absolute atomic E-state index is 12.7. The lowest BCUT2D eigenvalue weighted by atomic mass is 10.1. The molecule has 0 fully saturated rings. The second-order valence-corrected chi connectivity index (χ2v) is 5.37. The van der Waals surface area contributed by atoms with E-state index in [1.165, 1.54) is 24.3 Å². The fourth-order valence-corrected chi connectivity index (χ4v) is 2.36. The van der Waals surface area contributed by atoms with Crippen molar-refractivity contribution in [3.05, 3.63) is 75.6 Å². The molecule has 1 aromatic heterocycles. The van der Waals surface area contributed by atoms with Crippen LogP contribution < -0.4 is 10.4 Å². The van der Waals surface area contributed by atoms with E-state index in [0.717, 1.165) is 12.1 Å². The fraction of sp³-hybridized carbons (Fsp3) is 0.111. The summed E-state index contributed by atoms with van der Waals surface area (Å²) in [4.78, 5) is 23.5. The number of halogens is 3. The molecule has 2 aromatic carbocycles. The highest BCUT2D eigenvalue weighted by atomic mass is 19.4. The Labute approximate surface area is 139 Å². The molecule has 0 saturated carbocycles. The topological polar surface area (TPSA) is 56.5 Å². The maximum Gasteiger partial charge on any atom is 0.416 e. The quantitative estimate of drug-likeness (QED) is 0.393. The van der Waals surface area contributed by atoms with E-state index >= 15 is 0 Å². The monoisotopic (exact) mass is 348 g/mol. The van der Waals surface area contributed by atoms with Crippen molar-refractivity contribution in [1.29, 1.82) is 0 Å². The number of rotatable bonds is 2. The van der Waals surface area contributed by atoms with Gasteiger partial charge in [-0.05, 0) is 42.8 Å². The Hall–Kier alpha value is -3.09. The van der Waals surface area contributed by atoms with Crippen LogP contribution in [0.3, 0.4) is 0 Å². The van der Waals surface area contributed by atoms with Gasteiger partial charge in [0.2, 0.25) is 0 Å². The predicted molar refractivity (Wildman–Crippen MR) is 83.6 cm³/mol. The van der Waals surface area contributed by atoms with Crippen LogP contribution in [0.1, 0.15) is 21.5 Å². The largest absolute Gasteiger partial charge is 0.423 e. The van der Waals surface area contributed by atoms with Crippen LogP contribution >= 0.6 is 0 Å². The lowest BCUT2D eigenvalue weighted by Crippen LogP contribution is -2.11. The third-order valence-electron chi connectivity index (χ3n) is 3.56. The number of alkyl halides is 3. The predicted octanol–water partition coefficient (Wildman–Crippen LogP) is 4.34. The number of carbonyl (C=O) groups excluding carboxylic acids is 1. The summed E-state index contributed by atoms with van der Waals surface area (Å²) >= 11 is 0. The molecule has 0 spiro atoms. The number of fused-ring (bicyclic) bond motifs is 1. The molecule has 0 saturated heterocycles. The van der Waals surface area contributed by atoms with Crippen molar-refractivity contribution >= 4 is 16.9 Å². The molecule has 7 heteroatoms. The summed E-state index contributed by atoms with van der Waals surface area (Å²) in [6.45, 7) is 1.73. The summed E-state index contributed by atoms with van der Waals surface area (Å²) in [5.41, 5.74) is -0.810. The summed E-state index contributed by atoms with van der Waals surface area (Å²) in [5.74, 6) is -0.885. The molecule has 0 aliphatic carbocycles. The number of esters is 1. The molecule has 0 aliphatic heterocycles.